The number of nitrogens with zero attached hydrogens (tertiary/aromatic N) is 5. The highest BCUT2D eigenvalue weighted by Crippen LogP contribution is 2.35. The molecule has 0 bridgehead atoms. The van der Waals surface area contributed by atoms with Gasteiger partial charge in [0.1, 0.15) is 0 Å². The van der Waals surface area contributed by atoms with Crippen molar-refractivity contribution in [2.45, 2.75) is 37.6 Å². The van der Waals surface area contributed by atoms with Gasteiger partial charge in [-0.15, -0.1) is 0 Å². The Morgan fingerprint density at radius 1 is 1.03 bits per heavy atom. The van der Waals surface area contributed by atoms with Crippen LogP contribution in [0.4, 0.5) is 11.8 Å². The van der Waals surface area contributed by atoms with E-state index < -0.39 is 10.0 Å². The molecule has 1 aromatic carbocycles. The first-order valence-electron chi connectivity index (χ1n) is 9.41. The second-order valence-corrected chi connectivity index (χ2v) is 8.91. The summed E-state index contributed by atoms with van der Waals surface area (Å²) in [6.45, 7) is 4.25. The Labute approximate surface area is 170 Å². The molecule has 0 radical (unpaired) electrons. The fraction of sp³-hybridized carbons (Fsp3) is 0.300. The topological polar surface area (TPSA) is 101 Å². The number of hydrogen-bond acceptors (Lipinski definition) is 7. The molecule has 0 amide bonds. The van der Waals surface area contributed by atoms with Gasteiger partial charge in [0.2, 0.25) is 16.0 Å². The molecule has 1 N–H and O–H groups in total. The first kappa shape index (κ1) is 19.4. The molecule has 1 aliphatic rings. The van der Waals surface area contributed by atoms with Crippen LogP contribution < -0.4 is 5.32 Å². The third kappa shape index (κ3) is 4.10. The van der Waals surface area contributed by atoms with Gasteiger partial charge in [0.15, 0.2) is 5.82 Å². The van der Waals surface area contributed by atoms with Gasteiger partial charge in [0, 0.05) is 17.9 Å². The maximum absolute atomic E-state index is 13.1. The van der Waals surface area contributed by atoms with Crippen molar-refractivity contribution in [2.24, 2.45) is 0 Å². The zero-order valence-electron chi connectivity index (χ0n) is 16.3. The van der Waals surface area contributed by atoms with Crippen molar-refractivity contribution in [2.75, 3.05) is 11.9 Å². The smallest absolute Gasteiger partial charge is 0.243 e. The van der Waals surface area contributed by atoms with Gasteiger partial charge >= 0.3 is 0 Å². The molecule has 8 nitrogen and oxygen atoms in total. The molecule has 9 heteroatoms. The van der Waals surface area contributed by atoms with Crippen LogP contribution in [0, 0.1) is 13.8 Å². The first-order chi connectivity index (χ1) is 13.9. The van der Waals surface area contributed by atoms with Crippen LogP contribution >= 0.6 is 0 Å². The van der Waals surface area contributed by atoms with Crippen molar-refractivity contribution < 1.29 is 8.42 Å². The highest BCUT2D eigenvalue weighted by atomic mass is 32.2. The van der Waals surface area contributed by atoms with Crippen molar-refractivity contribution in [3.63, 3.8) is 0 Å². The Balaban J connectivity index is 1.62. The average Bonchev–Trinajstić information content (AvgIpc) is 3.19. The molecule has 2 aromatic heterocycles. The lowest BCUT2D eigenvalue weighted by Crippen LogP contribution is -2.31. The molecule has 29 heavy (non-hydrogen) atoms. The largest absolute Gasteiger partial charge is 0.307 e. The highest BCUT2D eigenvalue weighted by Gasteiger charge is 2.37. The summed E-state index contributed by atoms with van der Waals surface area (Å²) in [5.41, 5.74) is 2.30. The first-order valence-corrected chi connectivity index (χ1v) is 10.9. The molecule has 4 rings (SSSR count). The van der Waals surface area contributed by atoms with E-state index in [1.165, 1.54) is 4.31 Å². The molecular formula is C20H22N6O2S. The lowest BCUT2D eigenvalue weighted by Gasteiger charge is -2.23. The van der Waals surface area contributed by atoms with E-state index in [9.17, 15) is 8.42 Å². The van der Waals surface area contributed by atoms with Crippen molar-refractivity contribution in [3.8, 4) is 0 Å². The van der Waals surface area contributed by atoms with Crippen LogP contribution in [0.3, 0.4) is 0 Å². The van der Waals surface area contributed by atoms with Crippen molar-refractivity contribution in [3.05, 3.63) is 65.9 Å². The summed E-state index contributed by atoms with van der Waals surface area (Å²) in [5.74, 6) is 0.922. The van der Waals surface area contributed by atoms with Gasteiger partial charge in [-0.05, 0) is 44.9 Å². The number of aryl methyl sites for hydroxylation is 2. The Kier molecular flexibility index (Phi) is 5.25. The quantitative estimate of drug-likeness (QED) is 0.689. The lowest BCUT2D eigenvalue weighted by molar-refractivity contribution is 0.390. The second-order valence-electron chi connectivity index (χ2n) is 7.02. The van der Waals surface area contributed by atoms with Gasteiger partial charge in [-0.1, -0.05) is 18.2 Å². The summed E-state index contributed by atoms with van der Waals surface area (Å²) in [6.07, 6.45) is 4.67. The van der Waals surface area contributed by atoms with Crippen molar-refractivity contribution in [1.29, 1.82) is 0 Å². The molecule has 0 unspecified atom stereocenters. The summed E-state index contributed by atoms with van der Waals surface area (Å²) in [7, 11) is -3.60. The fourth-order valence-electron chi connectivity index (χ4n) is 3.55. The molecule has 1 aliphatic heterocycles. The molecule has 150 valence electrons. The minimum Gasteiger partial charge on any atom is -0.307 e. The van der Waals surface area contributed by atoms with Crippen LogP contribution in [0.15, 0.2) is 53.7 Å². The highest BCUT2D eigenvalue weighted by molar-refractivity contribution is 7.89. The Bertz CT molecular complexity index is 1100. The van der Waals surface area contributed by atoms with Gasteiger partial charge in [-0.3, -0.25) is 4.98 Å². The third-order valence-corrected chi connectivity index (χ3v) is 6.69. The number of rotatable bonds is 5. The normalized spacial score (nSPS) is 17.4. The minimum absolute atomic E-state index is 0.290. The molecule has 0 spiro atoms. The van der Waals surface area contributed by atoms with E-state index in [1.807, 2.05) is 19.9 Å². The summed E-state index contributed by atoms with van der Waals surface area (Å²) in [4.78, 5) is 17.9. The van der Waals surface area contributed by atoms with Crippen LogP contribution in [-0.2, 0) is 10.0 Å². The van der Waals surface area contributed by atoms with Gasteiger partial charge in [-0.2, -0.15) is 4.31 Å². The number of anilines is 2. The van der Waals surface area contributed by atoms with E-state index in [0.717, 1.165) is 17.8 Å². The number of aromatic nitrogens is 4. The van der Waals surface area contributed by atoms with Crippen LogP contribution in [0.5, 0.6) is 0 Å². The SMILES string of the molecule is Cc1cc(C)nc(Nc2cncc([C@H]3CCCN3S(=O)(=O)c3ccccc3)n2)n1. The van der Waals surface area contributed by atoms with E-state index in [2.05, 4.69) is 25.3 Å². The van der Waals surface area contributed by atoms with Crippen molar-refractivity contribution in [1.82, 2.24) is 24.2 Å². The van der Waals surface area contributed by atoms with Gasteiger partial charge in [0.25, 0.3) is 0 Å². The number of benzene rings is 1. The Morgan fingerprint density at radius 3 is 2.48 bits per heavy atom. The number of sulfonamides is 1. The van der Waals surface area contributed by atoms with E-state index in [0.29, 0.717) is 30.4 Å². The standard InChI is InChI=1S/C20H22N6O2S/c1-14-11-15(2)23-20(22-14)25-19-13-21-12-17(24-19)18-9-6-10-26(18)29(27,28)16-7-4-3-5-8-16/h3-5,7-8,11-13,18H,6,9-10H2,1-2H3,(H,22,23,24,25)/t18-/m1/s1. The van der Waals surface area contributed by atoms with Crippen LogP contribution in [-0.4, -0.2) is 39.2 Å². The van der Waals surface area contributed by atoms with E-state index >= 15 is 0 Å². The zero-order valence-corrected chi connectivity index (χ0v) is 17.1. The summed E-state index contributed by atoms with van der Waals surface area (Å²) < 4.78 is 27.7. The summed E-state index contributed by atoms with van der Waals surface area (Å²) in [5, 5.41) is 3.07. The minimum atomic E-state index is -3.60. The van der Waals surface area contributed by atoms with E-state index in [1.54, 1.807) is 42.7 Å². The second kappa shape index (κ2) is 7.84. The maximum Gasteiger partial charge on any atom is 0.243 e. The van der Waals surface area contributed by atoms with Gasteiger partial charge in [-0.25, -0.2) is 23.4 Å². The number of hydrogen-bond donors (Lipinski definition) is 1. The van der Waals surface area contributed by atoms with Crippen LogP contribution in [0.2, 0.25) is 0 Å². The molecule has 0 saturated carbocycles. The van der Waals surface area contributed by atoms with Crippen LogP contribution in [0.1, 0.15) is 36.0 Å². The third-order valence-electron chi connectivity index (χ3n) is 4.77. The monoisotopic (exact) mass is 410 g/mol. The lowest BCUT2D eigenvalue weighted by atomic mass is 10.2. The molecule has 0 aliphatic carbocycles. The average molecular weight is 411 g/mol. The Morgan fingerprint density at radius 2 is 1.76 bits per heavy atom. The van der Waals surface area contributed by atoms with Gasteiger partial charge in [0.05, 0.1) is 29.0 Å². The molecule has 3 aromatic rings. The Hall–Kier alpha value is -2.91. The predicted octanol–water partition coefficient (Wildman–Crippen LogP) is 3.15. The fourth-order valence-corrected chi connectivity index (χ4v) is 5.24. The van der Waals surface area contributed by atoms with Gasteiger partial charge < -0.3 is 5.32 Å². The van der Waals surface area contributed by atoms with Crippen molar-refractivity contribution >= 4 is 21.8 Å². The molecule has 1 fully saturated rings. The van der Waals surface area contributed by atoms with E-state index in [-0.39, 0.29) is 10.9 Å². The zero-order chi connectivity index (χ0) is 20.4. The molecular weight excluding hydrogens is 388 g/mol. The summed E-state index contributed by atoms with van der Waals surface area (Å²) in [6, 6.07) is 10.0. The van der Waals surface area contributed by atoms with Crippen LogP contribution in [0.25, 0.3) is 0 Å². The molecule has 3 heterocycles. The van der Waals surface area contributed by atoms with E-state index in [4.69, 9.17) is 0 Å². The number of nitrogens with one attached hydrogen (secondary N) is 1. The molecule has 1 atom stereocenters. The maximum atomic E-state index is 13.1. The predicted molar refractivity (Wildman–Crippen MR) is 109 cm³/mol. The molecule has 1 saturated heterocycles. The summed E-state index contributed by atoms with van der Waals surface area (Å²) >= 11 is 0.